The zero-order chi connectivity index (χ0) is 24.8. The molecule has 2 aromatic carbocycles. The van der Waals surface area contributed by atoms with Crippen molar-refractivity contribution in [2.24, 2.45) is 0 Å². The summed E-state index contributed by atoms with van der Waals surface area (Å²) in [6.07, 6.45) is -2.24. The molecule has 2 aromatic heterocycles. The quantitative estimate of drug-likeness (QED) is 0.429. The van der Waals surface area contributed by atoms with Crippen molar-refractivity contribution < 1.29 is 21.6 Å². The van der Waals surface area contributed by atoms with Gasteiger partial charge in [-0.25, -0.2) is 12.4 Å². The lowest BCUT2D eigenvalue weighted by atomic mass is 9.88. The number of halogens is 3. The fourth-order valence-electron chi connectivity index (χ4n) is 4.84. The minimum absolute atomic E-state index is 0.0105. The largest absolute Gasteiger partial charge is 0.417 e. The third-order valence-electron chi connectivity index (χ3n) is 6.23. The Morgan fingerprint density at radius 2 is 1.79 bits per heavy atom. The van der Waals surface area contributed by atoms with E-state index in [1.807, 2.05) is 13.8 Å². The third-order valence-corrected chi connectivity index (χ3v) is 7.26. The van der Waals surface area contributed by atoms with Crippen molar-refractivity contribution >= 4 is 26.6 Å². The zero-order valence-corrected chi connectivity index (χ0v) is 19.9. The summed E-state index contributed by atoms with van der Waals surface area (Å²) >= 11 is 0. The van der Waals surface area contributed by atoms with Gasteiger partial charge in [-0.1, -0.05) is 12.1 Å². The first kappa shape index (κ1) is 22.5. The number of fused-ring (bicyclic) bond motifs is 4. The molecule has 7 nitrogen and oxygen atoms in total. The number of nitrogens with zero attached hydrogens (tertiary/aromatic N) is 4. The predicted octanol–water partition coefficient (Wildman–Crippen LogP) is 4.99. The molecule has 0 saturated heterocycles. The van der Waals surface area contributed by atoms with Gasteiger partial charge < -0.3 is 5.32 Å². The molecular weight excluding hydrogens is 467 g/mol. The van der Waals surface area contributed by atoms with E-state index < -0.39 is 27.3 Å². The van der Waals surface area contributed by atoms with Gasteiger partial charge in [-0.05, 0) is 62.6 Å². The third kappa shape index (κ3) is 3.13. The fraction of sp³-hybridized carbons (Fsp3) is 0.304. The Balaban J connectivity index is 1.91. The lowest BCUT2D eigenvalue weighted by molar-refractivity contribution is -0.137. The van der Waals surface area contributed by atoms with Gasteiger partial charge in [0.2, 0.25) is 10.0 Å². The average Bonchev–Trinajstić information content (AvgIpc) is 3.31. The zero-order valence-electron chi connectivity index (χ0n) is 19.1. The number of hydrogen-bond acceptors (Lipinski definition) is 5. The van der Waals surface area contributed by atoms with E-state index in [0.29, 0.717) is 45.1 Å². The first-order valence-electron chi connectivity index (χ1n) is 10.5. The molecule has 11 heteroatoms. The van der Waals surface area contributed by atoms with Crippen molar-refractivity contribution in [1.82, 2.24) is 18.7 Å². The molecule has 0 radical (unpaired) electrons. The van der Waals surface area contributed by atoms with Crippen LogP contribution in [-0.2, 0) is 21.7 Å². The molecule has 0 saturated carbocycles. The summed E-state index contributed by atoms with van der Waals surface area (Å²) in [7, 11) is -3.64. The van der Waals surface area contributed by atoms with Crippen LogP contribution >= 0.6 is 0 Å². The highest BCUT2D eigenvalue weighted by Crippen LogP contribution is 2.48. The smallest absolute Gasteiger partial charge is 0.371 e. The van der Waals surface area contributed by atoms with Crippen LogP contribution < -0.4 is 5.32 Å². The maximum atomic E-state index is 14.4. The van der Waals surface area contributed by atoms with Crippen LogP contribution in [0.4, 0.5) is 18.9 Å². The van der Waals surface area contributed by atoms with E-state index in [0.717, 1.165) is 16.3 Å². The molecule has 5 rings (SSSR count). The monoisotopic (exact) mass is 489 g/mol. The number of anilines is 1. The van der Waals surface area contributed by atoms with E-state index >= 15 is 0 Å². The number of alkyl halides is 3. The van der Waals surface area contributed by atoms with Gasteiger partial charge in [-0.3, -0.25) is 4.57 Å². The minimum atomic E-state index is -4.65. The Bertz CT molecular complexity index is 1600. The Morgan fingerprint density at radius 3 is 2.44 bits per heavy atom. The summed E-state index contributed by atoms with van der Waals surface area (Å²) in [6, 6.07) is 7.37. The van der Waals surface area contributed by atoms with Crippen LogP contribution in [0.2, 0.25) is 0 Å². The van der Waals surface area contributed by atoms with E-state index in [1.54, 1.807) is 36.6 Å². The molecular formula is C23H22F3N5O2S. The average molecular weight is 490 g/mol. The van der Waals surface area contributed by atoms with Gasteiger partial charge in [0.15, 0.2) is 5.82 Å². The lowest BCUT2D eigenvalue weighted by Gasteiger charge is -2.36. The number of nitrogens with one attached hydrogen (secondary N) is 1. The SMILES string of the molecule is Cc1c(-c2cccc3c2ccn3S(C)(=O)=O)c(C(F)(F)F)cc2c1-n1c(C)nnc1C(C)(C)N2. The van der Waals surface area contributed by atoms with E-state index in [-0.39, 0.29) is 5.56 Å². The highest BCUT2D eigenvalue weighted by Gasteiger charge is 2.41. The molecule has 178 valence electrons. The van der Waals surface area contributed by atoms with Crippen LogP contribution in [0.1, 0.15) is 36.6 Å². The molecule has 0 amide bonds. The number of aryl methyl sites for hydroxylation is 1. The van der Waals surface area contributed by atoms with E-state index in [1.165, 1.54) is 12.3 Å². The highest BCUT2D eigenvalue weighted by atomic mass is 32.2. The van der Waals surface area contributed by atoms with Crippen molar-refractivity contribution in [3.63, 3.8) is 0 Å². The molecule has 4 aromatic rings. The highest BCUT2D eigenvalue weighted by molar-refractivity contribution is 7.89. The molecule has 0 unspecified atom stereocenters. The van der Waals surface area contributed by atoms with Gasteiger partial charge in [-0.15, -0.1) is 10.2 Å². The first-order chi connectivity index (χ1) is 15.7. The van der Waals surface area contributed by atoms with Gasteiger partial charge in [-0.2, -0.15) is 13.2 Å². The van der Waals surface area contributed by atoms with Crippen LogP contribution in [-0.4, -0.2) is 33.4 Å². The Labute approximate surface area is 194 Å². The van der Waals surface area contributed by atoms with Crippen molar-refractivity contribution in [3.05, 3.63) is 59.3 Å². The molecule has 0 bridgehead atoms. The first-order valence-corrected chi connectivity index (χ1v) is 12.3. The van der Waals surface area contributed by atoms with Crippen LogP contribution in [0.5, 0.6) is 0 Å². The van der Waals surface area contributed by atoms with Crippen LogP contribution in [0.15, 0.2) is 36.5 Å². The topological polar surface area (TPSA) is 81.8 Å². The fourth-order valence-corrected chi connectivity index (χ4v) is 5.64. The van der Waals surface area contributed by atoms with Crippen molar-refractivity contribution in [3.8, 4) is 16.8 Å². The van der Waals surface area contributed by atoms with Gasteiger partial charge >= 0.3 is 6.18 Å². The molecule has 1 N–H and O–H groups in total. The van der Waals surface area contributed by atoms with Gasteiger partial charge in [0.1, 0.15) is 5.82 Å². The van der Waals surface area contributed by atoms with Crippen LogP contribution in [0.25, 0.3) is 27.7 Å². The molecule has 0 spiro atoms. The Hall–Kier alpha value is -3.34. The molecule has 1 aliphatic heterocycles. The van der Waals surface area contributed by atoms with Crippen molar-refractivity contribution in [1.29, 1.82) is 0 Å². The maximum Gasteiger partial charge on any atom is 0.417 e. The van der Waals surface area contributed by atoms with Crippen LogP contribution in [0.3, 0.4) is 0 Å². The second-order valence-corrected chi connectivity index (χ2v) is 10.9. The maximum absolute atomic E-state index is 14.4. The minimum Gasteiger partial charge on any atom is -0.371 e. The summed E-state index contributed by atoms with van der Waals surface area (Å²) in [5.41, 5.74) is 0.309. The van der Waals surface area contributed by atoms with Crippen molar-refractivity contribution in [2.45, 2.75) is 39.4 Å². The Kier molecular flexibility index (Phi) is 4.52. The molecule has 0 atom stereocenters. The molecule has 34 heavy (non-hydrogen) atoms. The summed E-state index contributed by atoms with van der Waals surface area (Å²) in [5, 5.41) is 12.0. The number of benzene rings is 2. The summed E-state index contributed by atoms with van der Waals surface area (Å²) in [4.78, 5) is 0. The van der Waals surface area contributed by atoms with Gasteiger partial charge in [0.25, 0.3) is 0 Å². The van der Waals surface area contributed by atoms with E-state index in [2.05, 4.69) is 15.5 Å². The molecule has 0 aliphatic carbocycles. The van der Waals surface area contributed by atoms with Gasteiger partial charge in [0.05, 0.1) is 34.2 Å². The summed E-state index contributed by atoms with van der Waals surface area (Å²) < 4.78 is 70.5. The van der Waals surface area contributed by atoms with E-state index in [9.17, 15) is 21.6 Å². The Morgan fingerprint density at radius 1 is 1.09 bits per heavy atom. The van der Waals surface area contributed by atoms with Crippen molar-refractivity contribution in [2.75, 3.05) is 11.6 Å². The standard InChI is InChI=1S/C23H22F3N5O2S/c1-12-19(15-7-6-8-18-14(15)9-10-30(18)34(5,32)33)16(23(24,25)26)11-17-20(12)31-13(2)28-29-21(31)22(3,4)27-17/h6-11,27H,1-5H3. The molecule has 1 aliphatic rings. The summed E-state index contributed by atoms with van der Waals surface area (Å²) in [6.45, 7) is 7.06. The number of hydrogen-bond donors (Lipinski definition) is 1. The molecule has 3 heterocycles. The second-order valence-electron chi connectivity index (χ2n) is 9.09. The normalized spacial score (nSPS) is 15.2. The number of rotatable bonds is 2. The second kappa shape index (κ2) is 6.84. The van der Waals surface area contributed by atoms with Gasteiger partial charge in [0, 0.05) is 11.6 Å². The predicted molar refractivity (Wildman–Crippen MR) is 124 cm³/mol. The molecule has 0 fully saturated rings. The number of aromatic nitrogens is 4. The lowest BCUT2D eigenvalue weighted by Crippen LogP contribution is -2.36. The summed E-state index contributed by atoms with van der Waals surface area (Å²) in [5.74, 6) is 1.15. The van der Waals surface area contributed by atoms with E-state index in [4.69, 9.17) is 0 Å². The van der Waals surface area contributed by atoms with Crippen LogP contribution in [0, 0.1) is 13.8 Å².